The molecular formula is C21H22FN3O. The van der Waals surface area contributed by atoms with Crippen molar-refractivity contribution < 1.29 is 8.91 Å². The highest BCUT2D eigenvalue weighted by Gasteiger charge is 2.26. The summed E-state index contributed by atoms with van der Waals surface area (Å²) in [6.07, 6.45) is 8.35. The van der Waals surface area contributed by atoms with Crippen molar-refractivity contribution in [2.75, 3.05) is 6.54 Å². The molecule has 4 nitrogen and oxygen atoms in total. The normalized spacial score (nSPS) is 18.6. The average Bonchev–Trinajstić information content (AvgIpc) is 3.04. The van der Waals surface area contributed by atoms with E-state index < -0.39 is 0 Å². The number of aromatic nitrogens is 2. The zero-order valence-electron chi connectivity index (χ0n) is 14.6. The van der Waals surface area contributed by atoms with Gasteiger partial charge in [0, 0.05) is 30.6 Å². The van der Waals surface area contributed by atoms with Gasteiger partial charge in [0.25, 0.3) is 0 Å². The van der Waals surface area contributed by atoms with Gasteiger partial charge in [-0.2, -0.15) is 0 Å². The van der Waals surface area contributed by atoms with Crippen molar-refractivity contribution >= 4 is 0 Å². The molecule has 0 N–H and O–H groups in total. The maximum Gasteiger partial charge on any atom is 0.154 e. The first-order valence-corrected chi connectivity index (χ1v) is 9.15. The number of rotatable bonds is 4. The molecule has 2 aromatic heterocycles. The molecule has 0 saturated carbocycles. The monoisotopic (exact) mass is 351 g/mol. The lowest BCUT2D eigenvalue weighted by Gasteiger charge is -2.27. The molecule has 4 rings (SSSR count). The Morgan fingerprint density at radius 3 is 2.65 bits per heavy atom. The first kappa shape index (κ1) is 16.9. The molecule has 0 unspecified atom stereocenters. The summed E-state index contributed by atoms with van der Waals surface area (Å²) in [4.78, 5) is 6.57. The minimum Gasteiger partial charge on any atom is -0.359 e. The van der Waals surface area contributed by atoms with Crippen molar-refractivity contribution in [1.29, 1.82) is 0 Å². The van der Waals surface area contributed by atoms with E-state index in [9.17, 15) is 4.39 Å². The molecule has 0 amide bonds. The number of likely N-dealkylation sites (tertiary alicyclic amines) is 1. The molecule has 134 valence electrons. The second kappa shape index (κ2) is 7.79. The van der Waals surface area contributed by atoms with Crippen molar-refractivity contribution in [2.24, 2.45) is 0 Å². The summed E-state index contributed by atoms with van der Waals surface area (Å²) in [5, 5.41) is 4.23. The maximum absolute atomic E-state index is 13.1. The van der Waals surface area contributed by atoms with Gasteiger partial charge in [-0.3, -0.25) is 9.88 Å². The number of benzene rings is 1. The van der Waals surface area contributed by atoms with E-state index in [1.165, 1.54) is 37.0 Å². The molecule has 5 heteroatoms. The van der Waals surface area contributed by atoms with Gasteiger partial charge in [0.05, 0.1) is 6.04 Å². The lowest BCUT2D eigenvalue weighted by molar-refractivity contribution is 0.160. The van der Waals surface area contributed by atoms with Crippen LogP contribution in [0.3, 0.4) is 0 Å². The molecule has 0 radical (unpaired) electrons. The predicted octanol–water partition coefficient (Wildman–Crippen LogP) is 4.99. The Kier molecular flexibility index (Phi) is 5.07. The van der Waals surface area contributed by atoms with Crippen LogP contribution in [0.1, 0.15) is 43.0 Å². The summed E-state index contributed by atoms with van der Waals surface area (Å²) in [7, 11) is 0. The van der Waals surface area contributed by atoms with Gasteiger partial charge in [0.1, 0.15) is 11.5 Å². The fourth-order valence-corrected chi connectivity index (χ4v) is 3.60. The molecule has 0 spiro atoms. The van der Waals surface area contributed by atoms with Gasteiger partial charge >= 0.3 is 0 Å². The van der Waals surface area contributed by atoms with Gasteiger partial charge in [-0.25, -0.2) is 4.39 Å². The molecular weight excluding hydrogens is 329 g/mol. The van der Waals surface area contributed by atoms with Crippen LogP contribution < -0.4 is 0 Å². The highest BCUT2D eigenvalue weighted by Crippen LogP contribution is 2.33. The topological polar surface area (TPSA) is 42.2 Å². The van der Waals surface area contributed by atoms with Gasteiger partial charge in [0.15, 0.2) is 5.76 Å². The quantitative estimate of drug-likeness (QED) is 0.664. The molecule has 1 aliphatic rings. The van der Waals surface area contributed by atoms with Crippen molar-refractivity contribution in [2.45, 2.75) is 38.3 Å². The van der Waals surface area contributed by atoms with E-state index in [1.54, 1.807) is 12.1 Å². The molecule has 1 fully saturated rings. The van der Waals surface area contributed by atoms with Crippen LogP contribution in [0.25, 0.3) is 11.3 Å². The van der Waals surface area contributed by atoms with Crippen LogP contribution in [0, 0.1) is 5.82 Å². The second-order valence-corrected chi connectivity index (χ2v) is 6.81. The maximum atomic E-state index is 13.1. The van der Waals surface area contributed by atoms with E-state index in [4.69, 9.17) is 4.52 Å². The molecule has 1 aliphatic heterocycles. The van der Waals surface area contributed by atoms with E-state index in [-0.39, 0.29) is 11.9 Å². The summed E-state index contributed by atoms with van der Waals surface area (Å²) < 4.78 is 18.9. The van der Waals surface area contributed by atoms with Gasteiger partial charge in [0.2, 0.25) is 0 Å². The molecule has 0 aliphatic carbocycles. The first-order valence-electron chi connectivity index (χ1n) is 9.15. The fourth-order valence-electron chi connectivity index (χ4n) is 3.60. The molecule has 3 heterocycles. The number of halogens is 1. The van der Waals surface area contributed by atoms with Crippen LogP contribution in [0.4, 0.5) is 4.39 Å². The van der Waals surface area contributed by atoms with E-state index in [0.717, 1.165) is 36.5 Å². The SMILES string of the molecule is Fc1ccc(-c2cc([C@H]3CCCCCN3Cc3ccncc3)on2)cc1. The van der Waals surface area contributed by atoms with Gasteiger partial charge in [-0.1, -0.05) is 18.0 Å². The number of hydrogen-bond donors (Lipinski definition) is 0. The zero-order valence-corrected chi connectivity index (χ0v) is 14.6. The Morgan fingerprint density at radius 2 is 1.85 bits per heavy atom. The van der Waals surface area contributed by atoms with E-state index in [0.29, 0.717) is 0 Å². The summed E-state index contributed by atoms with van der Waals surface area (Å²) >= 11 is 0. The van der Waals surface area contributed by atoms with Crippen LogP contribution in [0.2, 0.25) is 0 Å². The molecule has 3 aromatic rings. The van der Waals surface area contributed by atoms with Crippen LogP contribution >= 0.6 is 0 Å². The zero-order chi connectivity index (χ0) is 17.8. The van der Waals surface area contributed by atoms with Crippen molar-refractivity contribution in [3.8, 4) is 11.3 Å². The largest absolute Gasteiger partial charge is 0.359 e. The van der Waals surface area contributed by atoms with E-state index in [2.05, 4.69) is 27.2 Å². The molecule has 0 bridgehead atoms. The summed E-state index contributed by atoms with van der Waals surface area (Å²) in [5.41, 5.74) is 2.88. The van der Waals surface area contributed by atoms with Crippen molar-refractivity contribution in [1.82, 2.24) is 15.0 Å². The van der Waals surface area contributed by atoms with Crippen LogP contribution in [0.5, 0.6) is 0 Å². The third kappa shape index (κ3) is 3.83. The molecule has 1 aromatic carbocycles. The minimum absolute atomic E-state index is 0.215. The van der Waals surface area contributed by atoms with Gasteiger partial charge in [-0.15, -0.1) is 0 Å². The van der Waals surface area contributed by atoms with E-state index >= 15 is 0 Å². The van der Waals surface area contributed by atoms with Crippen LogP contribution in [0.15, 0.2) is 59.4 Å². The predicted molar refractivity (Wildman–Crippen MR) is 97.8 cm³/mol. The Hall–Kier alpha value is -2.53. The fraction of sp³-hybridized carbons (Fsp3) is 0.333. The minimum atomic E-state index is -0.246. The van der Waals surface area contributed by atoms with E-state index in [1.807, 2.05) is 18.5 Å². The average molecular weight is 351 g/mol. The summed E-state index contributed by atoms with van der Waals surface area (Å²) in [5.74, 6) is 0.644. The Bertz CT molecular complexity index is 832. The molecule has 1 saturated heterocycles. The second-order valence-electron chi connectivity index (χ2n) is 6.81. The molecule has 1 atom stereocenters. The highest BCUT2D eigenvalue weighted by atomic mass is 19.1. The van der Waals surface area contributed by atoms with Crippen molar-refractivity contribution in [3.05, 3.63) is 72.0 Å². The lowest BCUT2D eigenvalue weighted by Crippen LogP contribution is -2.27. The summed E-state index contributed by atoms with van der Waals surface area (Å²) in [6, 6.07) is 12.7. The first-order chi connectivity index (χ1) is 12.8. The van der Waals surface area contributed by atoms with Gasteiger partial charge in [-0.05, 0) is 61.3 Å². The van der Waals surface area contributed by atoms with Crippen LogP contribution in [-0.2, 0) is 6.54 Å². The van der Waals surface area contributed by atoms with Crippen molar-refractivity contribution in [3.63, 3.8) is 0 Å². The van der Waals surface area contributed by atoms with Crippen LogP contribution in [-0.4, -0.2) is 21.6 Å². The third-order valence-electron chi connectivity index (χ3n) is 5.00. The summed E-state index contributed by atoms with van der Waals surface area (Å²) in [6.45, 7) is 1.92. The molecule has 26 heavy (non-hydrogen) atoms. The third-order valence-corrected chi connectivity index (χ3v) is 5.00. The Balaban J connectivity index is 1.58. The number of nitrogens with zero attached hydrogens (tertiary/aromatic N) is 3. The smallest absolute Gasteiger partial charge is 0.154 e. The number of hydrogen-bond acceptors (Lipinski definition) is 4. The highest BCUT2D eigenvalue weighted by molar-refractivity contribution is 5.58. The van der Waals surface area contributed by atoms with Gasteiger partial charge < -0.3 is 4.52 Å². The Labute approximate surface area is 152 Å². The lowest BCUT2D eigenvalue weighted by atomic mass is 10.0. The Morgan fingerprint density at radius 1 is 1.04 bits per heavy atom. The number of pyridine rings is 1. The standard InChI is InChI=1S/C21H22FN3O/c22-18-7-5-17(6-8-18)19-14-21(26-24-19)20-4-2-1-3-13-25(20)15-16-9-11-23-12-10-16/h5-12,14,20H,1-4,13,15H2/t20-/m1/s1.